The second-order valence-corrected chi connectivity index (χ2v) is 6.77. The van der Waals surface area contributed by atoms with E-state index in [1.165, 1.54) is 0 Å². The number of amides is 2. The zero-order chi connectivity index (χ0) is 19.5. The fraction of sp³-hybridized carbons (Fsp3) is 0.364. The quantitative estimate of drug-likeness (QED) is 0.632. The van der Waals surface area contributed by atoms with Gasteiger partial charge in [-0.25, -0.2) is 0 Å². The van der Waals surface area contributed by atoms with Gasteiger partial charge in [-0.15, -0.1) is 0 Å². The van der Waals surface area contributed by atoms with Crippen molar-refractivity contribution in [2.24, 2.45) is 5.92 Å². The average Bonchev–Trinajstić information content (AvgIpc) is 2.69. The molecule has 0 spiro atoms. The highest BCUT2D eigenvalue weighted by molar-refractivity contribution is 5.84. The fourth-order valence-electron chi connectivity index (χ4n) is 2.55. The third-order valence-electron chi connectivity index (χ3n) is 4.05. The first-order valence-corrected chi connectivity index (χ1v) is 9.37. The lowest BCUT2D eigenvalue weighted by Crippen LogP contribution is -2.38. The van der Waals surface area contributed by atoms with Crippen LogP contribution in [0.3, 0.4) is 0 Å². The number of hydrogen-bond donors (Lipinski definition) is 2. The van der Waals surface area contributed by atoms with E-state index in [4.69, 9.17) is 4.74 Å². The lowest BCUT2D eigenvalue weighted by atomic mass is 10.1. The number of carbonyl (C=O) groups is 2. The first kappa shape index (κ1) is 20.5. The predicted octanol–water partition coefficient (Wildman–Crippen LogP) is 3.40. The Morgan fingerprint density at radius 3 is 2.37 bits per heavy atom. The average molecular weight is 368 g/mol. The van der Waals surface area contributed by atoms with Crippen LogP contribution >= 0.6 is 0 Å². The zero-order valence-electron chi connectivity index (χ0n) is 16.0. The number of hydrogen-bond acceptors (Lipinski definition) is 3. The van der Waals surface area contributed by atoms with Gasteiger partial charge in [0.2, 0.25) is 11.8 Å². The SMILES string of the molecule is CC(C)CCC(=O)NCC(=O)NCCOc1ccccc1-c1ccccc1. The largest absolute Gasteiger partial charge is 0.491 e. The van der Waals surface area contributed by atoms with E-state index in [2.05, 4.69) is 24.5 Å². The normalized spacial score (nSPS) is 10.5. The van der Waals surface area contributed by atoms with Crippen LogP contribution in [0.15, 0.2) is 54.6 Å². The maximum absolute atomic E-state index is 11.8. The third-order valence-corrected chi connectivity index (χ3v) is 4.05. The molecule has 0 fully saturated rings. The third kappa shape index (κ3) is 7.52. The minimum Gasteiger partial charge on any atom is -0.491 e. The van der Waals surface area contributed by atoms with E-state index in [0.717, 1.165) is 23.3 Å². The van der Waals surface area contributed by atoms with Gasteiger partial charge in [-0.3, -0.25) is 9.59 Å². The van der Waals surface area contributed by atoms with Crippen molar-refractivity contribution in [3.63, 3.8) is 0 Å². The number of rotatable bonds is 10. The minimum atomic E-state index is -0.215. The summed E-state index contributed by atoms with van der Waals surface area (Å²) in [5, 5.41) is 5.39. The van der Waals surface area contributed by atoms with Gasteiger partial charge in [0.15, 0.2) is 0 Å². The molecule has 0 aliphatic carbocycles. The number of para-hydroxylation sites is 1. The van der Waals surface area contributed by atoms with Crippen LogP contribution in [0, 0.1) is 5.92 Å². The van der Waals surface area contributed by atoms with Gasteiger partial charge < -0.3 is 15.4 Å². The number of benzene rings is 2. The molecule has 0 unspecified atom stereocenters. The van der Waals surface area contributed by atoms with Crippen molar-refractivity contribution in [3.8, 4) is 16.9 Å². The van der Waals surface area contributed by atoms with Crippen molar-refractivity contribution < 1.29 is 14.3 Å². The van der Waals surface area contributed by atoms with Crippen molar-refractivity contribution in [2.45, 2.75) is 26.7 Å². The molecule has 2 amide bonds. The smallest absolute Gasteiger partial charge is 0.239 e. The Bertz CT molecular complexity index is 729. The summed E-state index contributed by atoms with van der Waals surface area (Å²) < 4.78 is 5.83. The van der Waals surface area contributed by atoms with E-state index in [-0.39, 0.29) is 18.4 Å². The molecule has 2 aromatic rings. The second kappa shape index (κ2) is 11.0. The first-order chi connectivity index (χ1) is 13.1. The molecule has 2 aromatic carbocycles. The number of nitrogens with one attached hydrogen (secondary N) is 2. The number of carbonyl (C=O) groups excluding carboxylic acids is 2. The standard InChI is InChI=1S/C22H28N2O3/c1-17(2)12-13-21(25)24-16-22(26)23-14-15-27-20-11-7-6-10-19(20)18-8-4-3-5-9-18/h3-11,17H,12-16H2,1-2H3,(H,23,26)(H,24,25). The lowest BCUT2D eigenvalue weighted by Gasteiger charge is -2.12. The predicted molar refractivity (Wildman–Crippen MR) is 107 cm³/mol. The van der Waals surface area contributed by atoms with Crippen molar-refractivity contribution in [3.05, 3.63) is 54.6 Å². The Balaban J connectivity index is 1.71. The summed E-state index contributed by atoms with van der Waals surface area (Å²) in [7, 11) is 0. The van der Waals surface area contributed by atoms with Gasteiger partial charge in [-0.2, -0.15) is 0 Å². The van der Waals surface area contributed by atoms with E-state index in [1.54, 1.807) is 0 Å². The molecule has 0 saturated heterocycles. The van der Waals surface area contributed by atoms with Crippen LogP contribution < -0.4 is 15.4 Å². The van der Waals surface area contributed by atoms with E-state index in [0.29, 0.717) is 25.5 Å². The van der Waals surface area contributed by atoms with E-state index >= 15 is 0 Å². The molecule has 0 aliphatic rings. The Kier molecular flexibility index (Phi) is 8.36. The molecule has 5 heteroatoms. The van der Waals surface area contributed by atoms with Crippen LogP contribution in [0.1, 0.15) is 26.7 Å². The van der Waals surface area contributed by atoms with Crippen LogP contribution in [-0.2, 0) is 9.59 Å². The van der Waals surface area contributed by atoms with Crippen molar-refractivity contribution >= 4 is 11.8 Å². The molecular weight excluding hydrogens is 340 g/mol. The van der Waals surface area contributed by atoms with Gasteiger partial charge in [0.25, 0.3) is 0 Å². The molecular formula is C22H28N2O3. The Hall–Kier alpha value is -2.82. The highest BCUT2D eigenvalue weighted by Crippen LogP contribution is 2.29. The Morgan fingerprint density at radius 1 is 0.926 bits per heavy atom. The summed E-state index contributed by atoms with van der Waals surface area (Å²) in [6.07, 6.45) is 1.27. The summed E-state index contributed by atoms with van der Waals surface area (Å²) in [5.41, 5.74) is 2.10. The molecule has 5 nitrogen and oxygen atoms in total. The summed E-state index contributed by atoms with van der Waals surface area (Å²) in [6.45, 7) is 4.87. The van der Waals surface area contributed by atoms with E-state index in [9.17, 15) is 9.59 Å². The highest BCUT2D eigenvalue weighted by atomic mass is 16.5. The molecule has 27 heavy (non-hydrogen) atoms. The Morgan fingerprint density at radius 2 is 1.63 bits per heavy atom. The Labute approximate surface area is 161 Å². The van der Waals surface area contributed by atoms with Crippen LogP contribution in [0.25, 0.3) is 11.1 Å². The van der Waals surface area contributed by atoms with Crippen molar-refractivity contribution in [2.75, 3.05) is 19.7 Å². The molecule has 0 aromatic heterocycles. The summed E-state index contributed by atoms with van der Waals surface area (Å²) in [6, 6.07) is 17.8. The van der Waals surface area contributed by atoms with Gasteiger partial charge in [-0.1, -0.05) is 62.4 Å². The zero-order valence-corrected chi connectivity index (χ0v) is 16.0. The van der Waals surface area contributed by atoms with Gasteiger partial charge in [0.05, 0.1) is 13.1 Å². The van der Waals surface area contributed by atoms with E-state index in [1.807, 2.05) is 54.6 Å². The fourth-order valence-corrected chi connectivity index (χ4v) is 2.55. The molecule has 0 bridgehead atoms. The summed E-state index contributed by atoms with van der Waals surface area (Å²) in [4.78, 5) is 23.4. The number of ether oxygens (including phenoxy) is 1. The molecule has 144 valence electrons. The molecule has 0 aliphatic heterocycles. The van der Waals surface area contributed by atoms with Crippen LogP contribution in [0.5, 0.6) is 5.75 Å². The molecule has 0 radical (unpaired) electrons. The maximum atomic E-state index is 11.8. The molecule has 0 saturated carbocycles. The van der Waals surface area contributed by atoms with Gasteiger partial charge in [0, 0.05) is 12.0 Å². The van der Waals surface area contributed by atoms with Gasteiger partial charge in [0.1, 0.15) is 12.4 Å². The highest BCUT2D eigenvalue weighted by Gasteiger charge is 2.07. The molecule has 2 rings (SSSR count). The minimum absolute atomic E-state index is 0.00245. The monoisotopic (exact) mass is 368 g/mol. The molecule has 0 heterocycles. The van der Waals surface area contributed by atoms with E-state index < -0.39 is 0 Å². The molecule has 0 atom stereocenters. The topological polar surface area (TPSA) is 67.4 Å². The second-order valence-electron chi connectivity index (χ2n) is 6.77. The van der Waals surface area contributed by atoms with Crippen molar-refractivity contribution in [1.82, 2.24) is 10.6 Å². The lowest BCUT2D eigenvalue weighted by molar-refractivity contribution is -0.126. The van der Waals surface area contributed by atoms with Gasteiger partial charge in [-0.05, 0) is 24.0 Å². The van der Waals surface area contributed by atoms with Crippen LogP contribution in [-0.4, -0.2) is 31.5 Å². The van der Waals surface area contributed by atoms with Crippen LogP contribution in [0.2, 0.25) is 0 Å². The first-order valence-electron chi connectivity index (χ1n) is 9.37. The summed E-state index contributed by atoms with van der Waals surface area (Å²) >= 11 is 0. The maximum Gasteiger partial charge on any atom is 0.239 e. The molecule has 2 N–H and O–H groups in total. The van der Waals surface area contributed by atoms with Crippen molar-refractivity contribution in [1.29, 1.82) is 0 Å². The van der Waals surface area contributed by atoms with Gasteiger partial charge >= 0.3 is 0 Å². The summed E-state index contributed by atoms with van der Waals surface area (Å²) in [5.74, 6) is 0.945. The van der Waals surface area contributed by atoms with Crippen LogP contribution in [0.4, 0.5) is 0 Å².